The summed E-state index contributed by atoms with van der Waals surface area (Å²) >= 11 is 0. The molecule has 3 atom stereocenters. The zero-order valence-electron chi connectivity index (χ0n) is 10.8. The number of hydrogen-bond donors (Lipinski definition) is 1. The Hall–Kier alpha value is -0.0800. The smallest absolute Gasteiger partial charge is 0.0338 e. The van der Waals surface area contributed by atoms with Crippen LogP contribution >= 0.6 is 0 Å². The number of piperidine rings is 1. The first-order chi connectivity index (χ1) is 7.71. The fraction of sp³-hybridized carbons (Fsp3) is 1.00. The van der Waals surface area contributed by atoms with Crippen molar-refractivity contribution in [2.24, 2.45) is 5.92 Å². The molecule has 2 aliphatic heterocycles. The van der Waals surface area contributed by atoms with Gasteiger partial charge < -0.3 is 5.32 Å². The number of hydrogen-bond acceptors (Lipinski definition) is 2. The summed E-state index contributed by atoms with van der Waals surface area (Å²) in [4.78, 5) is 2.86. The summed E-state index contributed by atoms with van der Waals surface area (Å²) in [5, 5.41) is 3.72. The van der Waals surface area contributed by atoms with Crippen molar-refractivity contribution in [1.82, 2.24) is 10.2 Å². The van der Waals surface area contributed by atoms with E-state index in [-0.39, 0.29) is 0 Å². The lowest BCUT2D eigenvalue weighted by Gasteiger charge is -2.46. The van der Waals surface area contributed by atoms with Crippen LogP contribution in [0.2, 0.25) is 0 Å². The highest BCUT2D eigenvalue weighted by Gasteiger charge is 2.47. The summed E-state index contributed by atoms with van der Waals surface area (Å²) in [6.45, 7) is 7.40. The van der Waals surface area contributed by atoms with E-state index >= 15 is 0 Å². The molecule has 0 aromatic carbocycles. The molecule has 2 nitrogen and oxygen atoms in total. The van der Waals surface area contributed by atoms with Gasteiger partial charge in [-0.3, -0.25) is 4.90 Å². The molecular weight excluding hydrogens is 196 g/mol. The van der Waals surface area contributed by atoms with Gasteiger partial charge in [-0.25, -0.2) is 0 Å². The van der Waals surface area contributed by atoms with Crippen molar-refractivity contribution in [2.45, 2.75) is 70.0 Å². The molecule has 1 aliphatic carbocycles. The Morgan fingerprint density at radius 2 is 2.06 bits per heavy atom. The lowest BCUT2D eigenvalue weighted by molar-refractivity contribution is 0.0519. The van der Waals surface area contributed by atoms with Crippen LogP contribution in [0, 0.1) is 5.92 Å². The predicted molar refractivity (Wildman–Crippen MR) is 67.6 cm³/mol. The summed E-state index contributed by atoms with van der Waals surface area (Å²) in [6, 6.07) is 1.59. The molecular formula is C14H26N2. The van der Waals surface area contributed by atoms with Crippen molar-refractivity contribution in [3.05, 3.63) is 0 Å². The van der Waals surface area contributed by atoms with Crippen LogP contribution in [0.15, 0.2) is 0 Å². The quantitative estimate of drug-likeness (QED) is 0.772. The minimum Gasteiger partial charge on any atom is -0.312 e. The van der Waals surface area contributed by atoms with Crippen LogP contribution in [0.4, 0.5) is 0 Å². The second kappa shape index (κ2) is 3.99. The van der Waals surface area contributed by atoms with E-state index in [4.69, 9.17) is 0 Å². The maximum absolute atomic E-state index is 3.72. The van der Waals surface area contributed by atoms with Gasteiger partial charge in [0.2, 0.25) is 0 Å². The highest BCUT2D eigenvalue weighted by Crippen LogP contribution is 2.43. The monoisotopic (exact) mass is 222 g/mol. The molecule has 92 valence electrons. The summed E-state index contributed by atoms with van der Waals surface area (Å²) in [6.07, 6.45) is 8.62. The topological polar surface area (TPSA) is 15.3 Å². The number of likely N-dealkylation sites (tertiary alicyclic amines) is 1. The van der Waals surface area contributed by atoms with E-state index in [1.165, 1.54) is 51.6 Å². The SMILES string of the molecule is CC1CCC2(CCCN2C(C)C2CC2)CN1. The summed E-state index contributed by atoms with van der Waals surface area (Å²) in [7, 11) is 0. The van der Waals surface area contributed by atoms with Gasteiger partial charge in [-0.05, 0) is 64.8 Å². The van der Waals surface area contributed by atoms with Crippen molar-refractivity contribution in [3.63, 3.8) is 0 Å². The Morgan fingerprint density at radius 3 is 2.69 bits per heavy atom. The maximum Gasteiger partial charge on any atom is 0.0338 e. The number of nitrogens with one attached hydrogen (secondary N) is 1. The molecule has 1 N–H and O–H groups in total. The van der Waals surface area contributed by atoms with Gasteiger partial charge in [0.25, 0.3) is 0 Å². The third-order valence-electron chi connectivity index (χ3n) is 5.27. The molecule has 3 unspecified atom stereocenters. The van der Waals surface area contributed by atoms with E-state index in [0.717, 1.165) is 18.0 Å². The van der Waals surface area contributed by atoms with Gasteiger partial charge in [-0.2, -0.15) is 0 Å². The van der Waals surface area contributed by atoms with E-state index in [0.29, 0.717) is 5.54 Å². The molecule has 0 amide bonds. The minimum absolute atomic E-state index is 0.536. The zero-order chi connectivity index (χ0) is 11.2. The molecule has 0 radical (unpaired) electrons. The van der Waals surface area contributed by atoms with Gasteiger partial charge in [-0.1, -0.05) is 0 Å². The van der Waals surface area contributed by atoms with Crippen LogP contribution in [-0.2, 0) is 0 Å². The van der Waals surface area contributed by atoms with E-state index in [2.05, 4.69) is 24.1 Å². The number of nitrogens with zero attached hydrogens (tertiary/aromatic N) is 1. The van der Waals surface area contributed by atoms with Gasteiger partial charge >= 0.3 is 0 Å². The molecule has 0 bridgehead atoms. The predicted octanol–water partition coefficient (Wildman–Crippen LogP) is 2.39. The Bertz CT molecular complexity index is 251. The fourth-order valence-corrected chi connectivity index (χ4v) is 3.93. The molecule has 2 heterocycles. The van der Waals surface area contributed by atoms with Crippen LogP contribution in [0.5, 0.6) is 0 Å². The lowest BCUT2D eigenvalue weighted by atomic mass is 9.84. The first-order valence-corrected chi connectivity index (χ1v) is 7.21. The third kappa shape index (κ3) is 1.80. The first-order valence-electron chi connectivity index (χ1n) is 7.21. The molecule has 0 aromatic heterocycles. The second-order valence-electron chi connectivity index (χ2n) is 6.42. The minimum atomic E-state index is 0.536. The van der Waals surface area contributed by atoms with Crippen LogP contribution in [0.1, 0.15) is 52.4 Å². The molecule has 16 heavy (non-hydrogen) atoms. The molecule has 1 spiro atoms. The second-order valence-corrected chi connectivity index (χ2v) is 6.42. The van der Waals surface area contributed by atoms with E-state index in [1.807, 2.05) is 0 Å². The van der Waals surface area contributed by atoms with Gasteiger partial charge in [0, 0.05) is 24.2 Å². The maximum atomic E-state index is 3.72. The first kappa shape index (κ1) is 11.0. The molecule has 2 heteroatoms. The molecule has 3 rings (SSSR count). The van der Waals surface area contributed by atoms with Crippen molar-refractivity contribution in [2.75, 3.05) is 13.1 Å². The van der Waals surface area contributed by atoms with Crippen molar-refractivity contribution >= 4 is 0 Å². The van der Waals surface area contributed by atoms with E-state index < -0.39 is 0 Å². The summed E-state index contributed by atoms with van der Waals surface area (Å²) < 4.78 is 0. The zero-order valence-corrected chi connectivity index (χ0v) is 10.8. The van der Waals surface area contributed by atoms with E-state index in [1.54, 1.807) is 0 Å². The molecule has 3 aliphatic rings. The van der Waals surface area contributed by atoms with Crippen molar-refractivity contribution in [1.29, 1.82) is 0 Å². The molecule has 2 saturated heterocycles. The summed E-state index contributed by atoms with van der Waals surface area (Å²) in [5.41, 5.74) is 0.536. The Labute approximate surface area is 99.8 Å². The standard InChI is InChI=1S/C14H26N2/c1-11-6-8-14(10-15-11)7-3-9-16(14)12(2)13-4-5-13/h11-13,15H,3-10H2,1-2H3. The highest BCUT2D eigenvalue weighted by molar-refractivity contribution is 5.04. The number of rotatable bonds is 2. The molecule has 1 saturated carbocycles. The normalized spacial score (nSPS) is 42.8. The third-order valence-corrected chi connectivity index (χ3v) is 5.27. The Kier molecular flexibility index (Phi) is 2.75. The summed E-state index contributed by atoms with van der Waals surface area (Å²) in [5.74, 6) is 1.02. The van der Waals surface area contributed by atoms with Crippen LogP contribution < -0.4 is 5.32 Å². The Balaban J connectivity index is 1.72. The van der Waals surface area contributed by atoms with Gasteiger partial charge in [-0.15, -0.1) is 0 Å². The van der Waals surface area contributed by atoms with Crippen LogP contribution in [0.3, 0.4) is 0 Å². The largest absolute Gasteiger partial charge is 0.312 e. The van der Waals surface area contributed by atoms with Crippen molar-refractivity contribution < 1.29 is 0 Å². The van der Waals surface area contributed by atoms with Gasteiger partial charge in [0.05, 0.1) is 0 Å². The lowest BCUT2D eigenvalue weighted by Crippen LogP contribution is -2.59. The van der Waals surface area contributed by atoms with Crippen LogP contribution in [0.25, 0.3) is 0 Å². The average molecular weight is 222 g/mol. The van der Waals surface area contributed by atoms with Gasteiger partial charge in [0.1, 0.15) is 0 Å². The van der Waals surface area contributed by atoms with Crippen LogP contribution in [-0.4, -0.2) is 35.6 Å². The molecule has 3 fully saturated rings. The van der Waals surface area contributed by atoms with Crippen molar-refractivity contribution in [3.8, 4) is 0 Å². The van der Waals surface area contributed by atoms with Gasteiger partial charge in [0.15, 0.2) is 0 Å². The fourth-order valence-electron chi connectivity index (χ4n) is 3.93. The Morgan fingerprint density at radius 1 is 1.25 bits per heavy atom. The van der Waals surface area contributed by atoms with E-state index in [9.17, 15) is 0 Å². The highest BCUT2D eigenvalue weighted by atomic mass is 15.3. The molecule has 0 aromatic rings. The average Bonchev–Trinajstić information content (AvgIpc) is 3.05.